The molecule has 144 valence electrons. The smallest absolute Gasteiger partial charge is 0.313 e. The third kappa shape index (κ3) is 4.49. The van der Waals surface area contributed by atoms with E-state index in [0.29, 0.717) is 18.0 Å². The van der Waals surface area contributed by atoms with Crippen LogP contribution in [0.15, 0.2) is 60.7 Å². The molecule has 0 aromatic heterocycles. The van der Waals surface area contributed by atoms with Crippen LogP contribution in [-0.4, -0.2) is 18.4 Å². The van der Waals surface area contributed by atoms with Gasteiger partial charge in [-0.1, -0.05) is 48.0 Å². The molecule has 3 aromatic carbocycles. The molecule has 2 N–H and O–H groups in total. The summed E-state index contributed by atoms with van der Waals surface area (Å²) < 4.78 is 5.64. The minimum Gasteiger partial charge on any atom is -0.494 e. The number of ether oxygens (including phenoxy) is 1. The van der Waals surface area contributed by atoms with Gasteiger partial charge in [-0.25, -0.2) is 0 Å². The fraction of sp³-hybridized carbons (Fsp3) is 0.217. The standard InChI is InChI=1S/C23H24N2O3/c1-4-28-21-12-9-15(2)13-20(21)16(3)24-22(26)23(27)25-19-11-10-17-7-5-6-8-18(17)14-19/h5-14,16H,4H2,1-3H3,(H,24,26)(H,25,27). The number of amides is 2. The molecule has 2 amide bonds. The Balaban J connectivity index is 1.69. The van der Waals surface area contributed by atoms with Gasteiger partial charge in [-0.05, 0) is 49.7 Å². The molecule has 0 saturated heterocycles. The summed E-state index contributed by atoms with van der Waals surface area (Å²) in [5, 5.41) is 7.47. The first-order valence-electron chi connectivity index (χ1n) is 9.32. The maximum absolute atomic E-state index is 12.4. The number of fused-ring (bicyclic) bond motifs is 1. The number of carbonyl (C=O) groups excluding carboxylic acids is 2. The van der Waals surface area contributed by atoms with E-state index in [1.807, 2.05) is 75.4 Å². The van der Waals surface area contributed by atoms with Crippen molar-refractivity contribution in [1.82, 2.24) is 5.32 Å². The Bertz CT molecular complexity index is 1010. The van der Waals surface area contributed by atoms with Crippen LogP contribution in [0.4, 0.5) is 5.69 Å². The highest BCUT2D eigenvalue weighted by atomic mass is 16.5. The Kier molecular flexibility index (Phi) is 5.94. The molecule has 0 aliphatic heterocycles. The Morgan fingerprint density at radius 3 is 2.46 bits per heavy atom. The molecule has 0 spiro atoms. The molecule has 0 radical (unpaired) electrons. The monoisotopic (exact) mass is 376 g/mol. The molecule has 1 unspecified atom stereocenters. The number of anilines is 1. The van der Waals surface area contributed by atoms with Gasteiger partial charge in [0.25, 0.3) is 0 Å². The molecule has 0 aliphatic carbocycles. The first-order chi connectivity index (χ1) is 13.5. The fourth-order valence-corrected chi connectivity index (χ4v) is 3.09. The van der Waals surface area contributed by atoms with E-state index in [1.54, 1.807) is 6.07 Å². The highest BCUT2D eigenvalue weighted by Gasteiger charge is 2.19. The van der Waals surface area contributed by atoms with Crippen LogP contribution in [-0.2, 0) is 9.59 Å². The Morgan fingerprint density at radius 2 is 1.71 bits per heavy atom. The lowest BCUT2D eigenvalue weighted by molar-refractivity contribution is -0.136. The van der Waals surface area contributed by atoms with Crippen molar-refractivity contribution in [3.63, 3.8) is 0 Å². The van der Waals surface area contributed by atoms with Gasteiger partial charge >= 0.3 is 11.8 Å². The highest BCUT2D eigenvalue weighted by molar-refractivity contribution is 6.39. The summed E-state index contributed by atoms with van der Waals surface area (Å²) in [7, 11) is 0. The van der Waals surface area contributed by atoms with E-state index in [2.05, 4.69) is 10.6 Å². The molecule has 1 atom stereocenters. The second kappa shape index (κ2) is 8.57. The van der Waals surface area contributed by atoms with Gasteiger partial charge in [-0.3, -0.25) is 9.59 Å². The van der Waals surface area contributed by atoms with Gasteiger partial charge < -0.3 is 15.4 Å². The van der Waals surface area contributed by atoms with E-state index >= 15 is 0 Å². The summed E-state index contributed by atoms with van der Waals surface area (Å²) >= 11 is 0. The summed E-state index contributed by atoms with van der Waals surface area (Å²) in [5.74, 6) is -0.687. The third-order valence-corrected chi connectivity index (χ3v) is 4.49. The molecule has 3 rings (SSSR count). The second-order valence-electron chi connectivity index (χ2n) is 6.69. The van der Waals surface area contributed by atoms with E-state index in [0.717, 1.165) is 21.9 Å². The quantitative estimate of drug-likeness (QED) is 0.650. The summed E-state index contributed by atoms with van der Waals surface area (Å²) in [5.41, 5.74) is 2.48. The largest absolute Gasteiger partial charge is 0.494 e. The Hall–Kier alpha value is -3.34. The number of hydrogen-bond donors (Lipinski definition) is 2. The third-order valence-electron chi connectivity index (χ3n) is 4.49. The molecule has 0 bridgehead atoms. The van der Waals surface area contributed by atoms with Gasteiger partial charge in [0.1, 0.15) is 5.75 Å². The molecular formula is C23H24N2O3. The topological polar surface area (TPSA) is 67.4 Å². The predicted molar refractivity (Wildman–Crippen MR) is 111 cm³/mol. The number of nitrogens with one attached hydrogen (secondary N) is 2. The average Bonchev–Trinajstić information content (AvgIpc) is 2.69. The first-order valence-corrected chi connectivity index (χ1v) is 9.32. The second-order valence-corrected chi connectivity index (χ2v) is 6.69. The van der Waals surface area contributed by atoms with Crippen LogP contribution in [0.5, 0.6) is 5.75 Å². The van der Waals surface area contributed by atoms with Crippen LogP contribution >= 0.6 is 0 Å². The normalized spacial score (nSPS) is 11.7. The molecule has 28 heavy (non-hydrogen) atoms. The van der Waals surface area contributed by atoms with Crippen LogP contribution in [0.2, 0.25) is 0 Å². The minimum absolute atomic E-state index is 0.365. The lowest BCUT2D eigenvalue weighted by atomic mass is 10.0. The number of benzene rings is 3. The summed E-state index contributed by atoms with van der Waals surface area (Å²) in [4.78, 5) is 24.7. The van der Waals surface area contributed by atoms with Crippen molar-refractivity contribution < 1.29 is 14.3 Å². The number of carbonyl (C=O) groups is 2. The first kappa shape index (κ1) is 19.4. The molecule has 0 fully saturated rings. The SMILES string of the molecule is CCOc1ccc(C)cc1C(C)NC(=O)C(=O)Nc1ccc2ccccc2c1. The molecule has 5 heteroatoms. The van der Waals surface area contributed by atoms with E-state index in [9.17, 15) is 9.59 Å². The minimum atomic E-state index is -0.701. The van der Waals surface area contributed by atoms with Crippen LogP contribution in [0.1, 0.15) is 31.0 Å². The van der Waals surface area contributed by atoms with Crippen molar-refractivity contribution in [2.45, 2.75) is 26.8 Å². The molecule has 5 nitrogen and oxygen atoms in total. The van der Waals surface area contributed by atoms with Crippen LogP contribution in [0, 0.1) is 6.92 Å². The lowest BCUT2D eigenvalue weighted by Crippen LogP contribution is -2.37. The predicted octanol–water partition coefficient (Wildman–Crippen LogP) is 4.36. The summed E-state index contributed by atoms with van der Waals surface area (Å²) in [6.45, 7) is 6.24. The lowest BCUT2D eigenvalue weighted by Gasteiger charge is -2.18. The van der Waals surface area contributed by atoms with Crippen molar-refractivity contribution in [2.24, 2.45) is 0 Å². The average molecular weight is 376 g/mol. The fourth-order valence-electron chi connectivity index (χ4n) is 3.09. The maximum atomic E-state index is 12.4. The van der Waals surface area contributed by atoms with Gasteiger partial charge in [0.15, 0.2) is 0 Å². The van der Waals surface area contributed by atoms with Gasteiger partial charge in [-0.15, -0.1) is 0 Å². The number of hydrogen-bond acceptors (Lipinski definition) is 3. The molecule has 0 aliphatic rings. The van der Waals surface area contributed by atoms with E-state index < -0.39 is 11.8 Å². The molecular weight excluding hydrogens is 352 g/mol. The van der Waals surface area contributed by atoms with Gasteiger partial charge in [0.2, 0.25) is 0 Å². The van der Waals surface area contributed by atoms with Crippen LogP contribution in [0.25, 0.3) is 10.8 Å². The molecule has 0 heterocycles. The van der Waals surface area contributed by atoms with E-state index in [-0.39, 0.29) is 6.04 Å². The van der Waals surface area contributed by atoms with E-state index in [1.165, 1.54) is 0 Å². The Labute approximate surface area is 164 Å². The van der Waals surface area contributed by atoms with Crippen molar-refractivity contribution in [1.29, 1.82) is 0 Å². The zero-order valence-electron chi connectivity index (χ0n) is 16.3. The van der Waals surface area contributed by atoms with Gasteiger partial charge in [0, 0.05) is 11.3 Å². The molecule has 0 saturated carbocycles. The number of rotatable bonds is 5. The van der Waals surface area contributed by atoms with Crippen LogP contribution in [0.3, 0.4) is 0 Å². The van der Waals surface area contributed by atoms with Gasteiger partial charge in [-0.2, -0.15) is 0 Å². The highest BCUT2D eigenvalue weighted by Crippen LogP contribution is 2.26. The zero-order chi connectivity index (χ0) is 20.1. The van der Waals surface area contributed by atoms with E-state index in [4.69, 9.17) is 4.74 Å². The van der Waals surface area contributed by atoms with Crippen LogP contribution < -0.4 is 15.4 Å². The summed E-state index contributed by atoms with van der Waals surface area (Å²) in [6.07, 6.45) is 0. The van der Waals surface area contributed by atoms with Gasteiger partial charge in [0.05, 0.1) is 12.6 Å². The van der Waals surface area contributed by atoms with Crippen molar-refractivity contribution in [3.8, 4) is 5.75 Å². The van der Waals surface area contributed by atoms with Crippen molar-refractivity contribution in [3.05, 3.63) is 71.8 Å². The summed E-state index contributed by atoms with van der Waals surface area (Å²) in [6, 6.07) is 18.8. The zero-order valence-corrected chi connectivity index (χ0v) is 16.3. The Morgan fingerprint density at radius 1 is 0.964 bits per heavy atom. The maximum Gasteiger partial charge on any atom is 0.313 e. The number of aryl methyl sites for hydroxylation is 1. The van der Waals surface area contributed by atoms with Crippen molar-refractivity contribution >= 4 is 28.3 Å². The molecule has 3 aromatic rings. The van der Waals surface area contributed by atoms with Crippen molar-refractivity contribution in [2.75, 3.05) is 11.9 Å².